The van der Waals surface area contributed by atoms with Crippen LogP contribution in [0.15, 0.2) is 30.3 Å². The van der Waals surface area contributed by atoms with Gasteiger partial charge in [0.25, 0.3) is 0 Å². The summed E-state index contributed by atoms with van der Waals surface area (Å²) < 4.78 is 2.66. The summed E-state index contributed by atoms with van der Waals surface area (Å²) in [6.45, 7) is 0. The Kier molecular flexibility index (Phi) is 3.60. The van der Waals surface area contributed by atoms with Crippen molar-refractivity contribution in [3.63, 3.8) is 0 Å². The minimum atomic E-state index is -0.617. The van der Waals surface area contributed by atoms with Gasteiger partial charge in [0.2, 0.25) is 0 Å². The molecular formula is C8H9N2OPt. The molecule has 12 heavy (non-hydrogen) atoms. The molecule has 0 fully saturated rings. The molecule has 0 saturated heterocycles. The summed E-state index contributed by atoms with van der Waals surface area (Å²) >= 11 is 1.84. The van der Waals surface area contributed by atoms with Crippen molar-refractivity contribution in [3.05, 3.63) is 35.9 Å². The Balaban J connectivity index is 2.79. The number of hydrogen-bond acceptors (Lipinski definition) is 3. The van der Waals surface area contributed by atoms with Crippen molar-refractivity contribution in [1.29, 1.82) is 0 Å². The van der Waals surface area contributed by atoms with E-state index in [0.29, 0.717) is 5.56 Å². The quantitative estimate of drug-likeness (QED) is 0.609. The fourth-order valence-electron chi connectivity index (χ4n) is 0.823. The normalized spacial score (nSPS) is 12.6. The third-order valence-corrected chi connectivity index (χ3v) is 2.15. The number of hydrogen-bond donors (Lipinski definition) is 2. The number of rotatable bonds is 3. The molecule has 1 rings (SSSR count). The first-order chi connectivity index (χ1) is 5.75. The maximum absolute atomic E-state index is 11.4. The summed E-state index contributed by atoms with van der Waals surface area (Å²) in [6, 6.07) is 8.98. The number of benzene rings is 1. The van der Waals surface area contributed by atoms with E-state index in [1.165, 1.54) is 0 Å². The van der Waals surface area contributed by atoms with Crippen LogP contribution in [-0.2, 0) is 20.1 Å². The molecule has 0 aromatic heterocycles. The van der Waals surface area contributed by atoms with E-state index in [2.05, 4.69) is 3.88 Å². The zero-order chi connectivity index (χ0) is 8.97. The Bertz CT molecular complexity index is 263. The van der Waals surface area contributed by atoms with E-state index in [4.69, 9.17) is 5.73 Å². The van der Waals surface area contributed by atoms with Crippen molar-refractivity contribution in [2.75, 3.05) is 0 Å². The van der Waals surface area contributed by atoms with Gasteiger partial charge in [-0.15, -0.1) is 0 Å². The number of nitrogens with two attached hydrogens (primary N) is 1. The van der Waals surface area contributed by atoms with Gasteiger partial charge in [-0.1, -0.05) is 0 Å². The average Bonchev–Trinajstić information content (AvgIpc) is 2.17. The zero-order valence-corrected chi connectivity index (χ0v) is 8.54. The van der Waals surface area contributed by atoms with Gasteiger partial charge >= 0.3 is 82.3 Å². The number of carbonyl (C=O) groups is 1. The molecule has 0 saturated carbocycles. The molecule has 0 spiro atoms. The van der Waals surface area contributed by atoms with Crippen LogP contribution in [0.5, 0.6) is 0 Å². The van der Waals surface area contributed by atoms with Crippen molar-refractivity contribution in [2.24, 2.45) is 5.73 Å². The molecule has 1 aromatic rings. The van der Waals surface area contributed by atoms with E-state index in [0.717, 1.165) is 0 Å². The second-order valence-electron chi connectivity index (χ2n) is 2.30. The first kappa shape index (κ1) is 9.59. The van der Waals surface area contributed by atoms with Gasteiger partial charge < -0.3 is 0 Å². The van der Waals surface area contributed by atoms with Crippen LogP contribution in [0.2, 0.25) is 0 Å². The molecule has 0 aliphatic heterocycles. The van der Waals surface area contributed by atoms with E-state index in [1.54, 1.807) is 12.1 Å². The standard InChI is InChI=1S/C8H9N2O.Pt/c9-8(10)7(11)6-4-2-1-3-5-6;/h1-5,8-9H,10H2;/q-1;+1. The summed E-state index contributed by atoms with van der Waals surface area (Å²) in [7, 11) is 0. The number of carbonyl (C=O) groups excluding carboxylic acids is 1. The van der Waals surface area contributed by atoms with E-state index < -0.39 is 6.17 Å². The molecule has 3 nitrogen and oxygen atoms in total. The van der Waals surface area contributed by atoms with Gasteiger partial charge in [0, 0.05) is 0 Å². The fraction of sp³-hybridized carbons (Fsp3) is 0.125. The van der Waals surface area contributed by atoms with Crippen molar-refractivity contribution < 1.29 is 24.9 Å². The average molecular weight is 344 g/mol. The molecule has 67 valence electrons. The van der Waals surface area contributed by atoms with Gasteiger partial charge in [0.1, 0.15) is 0 Å². The van der Waals surface area contributed by atoms with E-state index >= 15 is 0 Å². The molecule has 4 heteroatoms. The SMILES string of the molecule is NC([NH][Pt])C(=O)c1ccccc1. The molecule has 3 N–H and O–H groups in total. The van der Waals surface area contributed by atoms with Crippen LogP contribution in [-0.4, -0.2) is 11.9 Å². The van der Waals surface area contributed by atoms with Gasteiger partial charge in [-0.3, -0.25) is 0 Å². The van der Waals surface area contributed by atoms with Gasteiger partial charge in [0.05, 0.1) is 0 Å². The van der Waals surface area contributed by atoms with Crippen LogP contribution in [0.4, 0.5) is 0 Å². The van der Waals surface area contributed by atoms with Crippen LogP contribution in [0, 0.1) is 0 Å². The molecule has 0 amide bonds. The predicted octanol–water partition coefficient (Wildman–Crippen LogP) is 0.205. The van der Waals surface area contributed by atoms with Crippen LogP contribution in [0.25, 0.3) is 0 Å². The zero-order valence-electron chi connectivity index (χ0n) is 6.27. The number of nitrogens with one attached hydrogen (secondary N) is 1. The van der Waals surface area contributed by atoms with Gasteiger partial charge in [0.15, 0.2) is 0 Å². The Labute approximate surface area is 82.5 Å². The van der Waals surface area contributed by atoms with Crippen molar-refractivity contribution >= 4 is 5.78 Å². The Morgan fingerprint density at radius 1 is 1.42 bits per heavy atom. The molecule has 1 aromatic carbocycles. The monoisotopic (exact) mass is 344 g/mol. The van der Waals surface area contributed by atoms with E-state index in [9.17, 15) is 4.79 Å². The van der Waals surface area contributed by atoms with Crippen LogP contribution >= 0.6 is 0 Å². The minimum absolute atomic E-state index is 0.0920. The summed E-state index contributed by atoms with van der Waals surface area (Å²) in [5, 5.41) is 0. The Morgan fingerprint density at radius 2 is 2.00 bits per heavy atom. The Morgan fingerprint density at radius 3 is 2.50 bits per heavy atom. The van der Waals surface area contributed by atoms with Gasteiger partial charge in [-0.05, 0) is 0 Å². The summed E-state index contributed by atoms with van der Waals surface area (Å²) in [5.74, 6) is -0.0920. The van der Waals surface area contributed by atoms with Crippen LogP contribution in [0.3, 0.4) is 0 Å². The van der Waals surface area contributed by atoms with Gasteiger partial charge in [-0.25, -0.2) is 0 Å². The van der Waals surface area contributed by atoms with Crippen molar-refractivity contribution in [2.45, 2.75) is 6.17 Å². The third-order valence-electron chi connectivity index (χ3n) is 1.44. The molecule has 0 bridgehead atoms. The summed E-state index contributed by atoms with van der Waals surface area (Å²) in [4.78, 5) is 11.4. The molecule has 0 radical (unpaired) electrons. The summed E-state index contributed by atoms with van der Waals surface area (Å²) in [5.41, 5.74) is 6.11. The molecule has 0 aliphatic carbocycles. The first-order valence-electron chi connectivity index (χ1n) is 3.43. The van der Waals surface area contributed by atoms with Crippen LogP contribution in [0.1, 0.15) is 10.4 Å². The predicted molar refractivity (Wildman–Crippen MR) is 41.9 cm³/mol. The maximum atomic E-state index is 11.4. The molecule has 1 atom stereocenters. The van der Waals surface area contributed by atoms with Crippen LogP contribution < -0.4 is 9.61 Å². The fourth-order valence-corrected chi connectivity index (χ4v) is 1.12. The molecule has 0 aliphatic rings. The molecular weight excluding hydrogens is 335 g/mol. The number of Topliss-reactive ketones (excluding diaryl/α,β-unsaturated/α-hetero) is 1. The number of ketones is 1. The van der Waals surface area contributed by atoms with E-state index in [1.807, 2.05) is 38.3 Å². The molecule has 1 unspecified atom stereocenters. The first-order valence-corrected chi connectivity index (χ1v) is 4.57. The topological polar surface area (TPSA) is 55.1 Å². The van der Waals surface area contributed by atoms with E-state index in [-0.39, 0.29) is 5.78 Å². The van der Waals surface area contributed by atoms with Crippen molar-refractivity contribution in [1.82, 2.24) is 3.88 Å². The second-order valence-corrected chi connectivity index (χ2v) is 2.96. The summed E-state index contributed by atoms with van der Waals surface area (Å²) in [6.07, 6.45) is -0.617. The van der Waals surface area contributed by atoms with Crippen molar-refractivity contribution in [3.8, 4) is 0 Å². The Hall–Kier alpha value is -0.502. The second kappa shape index (κ2) is 4.51. The third kappa shape index (κ3) is 2.24. The molecule has 0 heterocycles. The van der Waals surface area contributed by atoms with Gasteiger partial charge in [-0.2, -0.15) is 0 Å².